The molecule has 0 aliphatic rings. The number of hydrogen-bond acceptors (Lipinski definition) is 3. The van der Waals surface area contributed by atoms with Crippen molar-refractivity contribution in [3.05, 3.63) is 76.8 Å². The van der Waals surface area contributed by atoms with Gasteiger partial charge in [0.15, 0.2) is 11.5 Å². The Morgan fingerprint density at radius 3 is 2.50 bits per heavy atom. The number of hydrogen-bond donors (Lipinski definition) is 0. The van der Waals surface area contributed by atoms with E-state index in [0.717, 1.165) is 17.9 Å². The molecule has 26 heavy (non-hydrogen) atoms. The number of aromatic nitrogens is 2. The third-order valence-electron chi connectivity index (χ3n) is 4.06. The number of methoxy groups -OCH3 is 1. The van der Waals surface area contributed by atoms with Gasteiger partial charge in [-0.2, -0.15) is 0 Å². The van der Waals surface area contributed by atoms with Gasteiger partial charge < -0.3 is 14.0 Å². The first kappa shape index (κ1) is 18.6. The second kappa shape index (κ2) is 8.97. The quantitative estimate of drug-likeness (QED) is 0.524. The number of aryl methyl sites for hydroxylation is 1. The Hall–Kier alpha value is -2.17. The van der Waals surface area contributed by atoms with Gasteiger partial charge in [-0.1, -0.05) is 35.3 Å². The van der Waals surface area contributed by atoms with Crippen LogP contribution in [0.5, 0.6) is 11.5 Å². The molecule has 3 rings (SSSR count). The second-order valence-electron chi connectivity index (χ2n) is 5.96. The van der Waals surface area contributed by atoms with Gasteiger partial charge >= 0.3 is 0 Å². The smallest absolute Gasteiger partial charge is 0.162 e. The number of rotatable bonds is 8. The number of nitrogens with zero attached hydrogens (tertiary/aromatic N) is 2. The average molecular weight is 391 g/mol. The van der Waals surface area contributed by atoms with E-state index in [1.54, 1.807) is 31.8 Å². The van der Waals surface area contributed by atoms with Crippen molar-refractivity contribution in [2.45, 2.75) is 25.5 Å². The second-order valence-corrected chi connectivity index (χ2v) is 6.83. The van der Waals surface area contributed by atoms with Crippen molar-refractivity contribution in [2.75, 3.05) is 7.11 Å². The highest BCUT2D eigenvalue weighted by atomic mass is 35.5. The van der Waals surface area contributed by atoms with E-state index < -0.39 is 0 Å². The molecule has 1 aromatic heterocycles. The lowest BCUT2D eigenvalue weighted by molar-refractivity contribution is 0.164. The maximum Gasteiger partial charge on any atom is 0.162 e. The minimum Gasteiger partial charge on any atom is -0.493 e. The van der Waals surface area contributed by atoms with Crippen molar-refractivity contribution in [1.29, 1.82) is 0 Å². The molecule has 0 radical (unpaired) electrons. The molecule has 6 heteroatoms. The van der Waals surface area contributed by atoms with Gasteiger partial charge in [-0.05, 0) is 42.7 Å². The number of benzene rings is 2. The highest BCUT2D eigenvalue weighted by Gasteiger charge is 2.15. The van der Waals surface area contributed by atoms with Gasteiger partial charge in [0, 0.05) is 28.5 Å². The minimum atomic E-state index is -0.0463. The molecule has 3 aromatic rings. The number of halogens is 2. The third-order valence-corrected chi connectivity index (χ3v) is 4.55. The molecule has 4 nitrogen and oxygen atoms in total. The molecule has 0 N–H and O–H groups in total. The zero-order valence-electron chi connectivity index (χ0n) is 14.4. The summed E-state index contributed by atoms with van der Waals surface area (Å²) in [6, 6.07) is 13.3. The van der Waals surface area contributed by atoms with Gasteiger partial charge in [0.2, 0.25) is 0 Å². The summed E-state index contributed by atoms with van der Waals surface area (Å²) in [7, 11) is 1.61. The van der Waals surface area contributed by atoms with Crippen LogP contribution in [0.4, 0.5) is 0 Å². The standard InChI is InChI=1S/C20H20Cl2N2O2/c1-25-20-12-17(22)7-9-19(20)26-18(13-24-11-10-23-14-24)8-4-15-2-5-16(21)6-3-15/h2-3,5-7,9-12,14,18H,4,8,13H2,1H3. The van der Waals surface area contributed by atoms with Crippen molar-refractivity contribution in [3.8, 4) is 11.5 Å². The molecular formula is C20H20Cl2N2O2. The van der Waals surface area contributed by atoms with Crippen LogP contribution >= 0.6 is 23.2 Å². The number of imidazole rings is 1. The first-order chi connectivity index (χ1) is 12.6. The maximum absolute atomic E-state index is 6.25. The summed E-state index contributed by atoms with van der Waals surface area (Å²) in [5.74, 6) is 1.30. The molecule has 0 aliphatic carbocycles. The molecule has 0 spiro atoms. The van der Waals surface area contributed by atoms with Crippen molar-refractivity contribution in [2.24, 2.45) is 0 Å². The summed E-state index contributed by atoms with van der Waals surface area (Å²) in [5, 5.41) is 1.35. The van der Waals surface area contributed by atoms with Gasteiger partial charge in [0.25, 0.3) is 0 Å². The summed E-state index contributed by atoms with van der Waals surface area (Å²) in [5.41, 5.74) is 1.22. The average Bonchev–Trinajstić information content (AvgIpc) is 3.15. The first-order valence-corrected chi connectivity index (χ1v) is 9.10. The van der Waals surface area contributed by atoms with Crippen LogP contribution in [0, 0.1) is 0 Å². The predicted molar refractivity (Wildman–Crippen MR) is 104 cm³/mol. The Morgan fingerprint density at radius 2 is 1.81 bits per heavy atom. The SMILES string of the molecule is COc1cc(Cl)ccc1OC(CCc1ccc(Cl)cc1)Cn1ccnc1. The van der Waals surface area contributed by atoms with E-state index in [4.69, 9.17) is 32.7 Å². The molecule has 0 bridgehead atoms. The van der Waals surface area contributed by atoms with Crippen LogP contribution < -0.4 is 9.47 Å². The monoisotopic (exact) mass is 390 g/mol. The van der Waals surface area contributed by atoms with E-state index in [-0.39, 0.29) is 6.10 Å². The molecular weight excluding hydrogens is 371 g/mol. The Balaban J connectivity index is 1.73. The minimum absolute atomic E-state index is 0.0463. The summed E-state index contributed by atoms with van der Waals surface area (Å²) in [6.45, 7) is 0.694. The zero-order valence-corrected chi connectivity index (χ0v) is 16.0. The molecule has 0 amide bonds. The van der Waals surface area contributed by atoms with Gasteiger partial charge in [-0.3, -0.25) is 0 Å². The van der Waals surface area contributed by atoms with Crippen LogP contribution in [0.25, 0.3) is 0 Å². The van der Waals surface area contributed by atoms with Crippen LogP contribution in [0.15, 0.2) is 61.2 Å². The van der Waals surface area contributed by atoms with Crippen molar-refractivity contribution >= 4 is 23.2 Å². The lowest BCUT2D eigenvalue weighted by Gasteiger charge is -2.21. The van der Waals surface area contributed by atoms with E-state index in [9.17, 15) is 0 Å². The van der Waals surface area contributed by atoms with Crippen LogP contribution in [0.3, 0.4) is 0 Å². The molecule has 136 valence electrons. The van der Waals surface area contributed by atoms with Crippen LogP contribution in [0.1, 0.15) is 12.0 Å². The topological polar surface area (TPSA) is 36.3 Å². The van der Waals surface area contributed by atoms with E-state index in [0.29, 0.717) is 23.1 Å². The van der Waals surface area contributed by atoms with Gasteiger partial charge in [0.1, 0.15) is 6.10 Å². The van der Waals surface area contributed by atoms with Gasteiger partial charge in [-0.15, -0.1) is 0 Å². The molecule has 0 aliphatic heterocycles. The lowest BCUT2D eigenvalue weighted by atomic mass is 10.1. The van der Waals surface area contributed by atoms with Crippen LogP contribution in [-0.2, 0) is 13.0 Å². The predicted octanol–water partition coefficient (Wildman–Crippen LogP) is 5.28. The first-order valence-electron chi connectivity index (χ1n) is 8.34. The fourth-order valence-electron chi connectivity index (χ4n) is 2.71. The molecule has 0 saturated carbocycles. The van der Waals surface area contributed by atoms with E-state index in [2.05, 4.69) is 4.98 Å². The molecule has 0 saturated heterocycles. The lowest BCUT2D eigenvalue weighted by Crippen LogP contribution is -2.23. The van der Waals surface area contributed by atoms with E-state index >= 15 is 0 Å². The Bertz CT molecular complexity index is 820. The highest BCUT2D eigenvalue weighted by molar-refractivity contribution is 6.31. The number of ether oxygens (including phenoxy) is 2. The van der Waals surface area contributed by atoms with Gasteiger partial charge in [-0.25, -0.2) is 4.98 Å². The molecule has 1 unspecified atom stereocenters. The fraction of sp³-hybridized carbons (Fsp3) is 0.250. The summed E-state index contributed by atoms with van der Waals surface area (Å²) in [6.07, 6.45) is 7.15. The molecule has 0 fully saturated rings. The summed E-state index contributed by atoms with van der Waals surface area (Å²) < 4.78 is 13.7. The summed E-state index contributed by atoms with van der Waals surface area (Å²) >= 11 is 12.0. The zero-order chi connectivity index (χ0) is 18.4. The third kappa shape index (κ3) is 5.16. The highest BCUT2D eigenvalue weighted by Crippen LogP contribution is 2.31. The van der Waals surface area contributed by atoms with Crippen molar-refractivity contribution in [1.82, 2.24) is 9.55 Å². The largest absolute Gasteiger partial charge is 0.493 e. The van der Waals surface area contributed by atoms with Gasteiger partial charge in [0.05, 0.1) is 20.0 Å². The Kier molecular flexibility index (Phi) is 6.42. The Morgan fingerprint density at radius 1 is 1.04 bits per heavy atom. The summed E-state index contributed by atoms with van der Waals surface area (Å²) in [4.78, 5) is 4.11. The molecule has 1 atom stereocenters. The maximum atomic E-state index is 6.25. The fourth-order valence-corrected chi connectivity index (χ4v) is 3.00. The van der Waals surface area contributed by atoms with Crippen molar-refractivity contribution in [3.63, 3.8) is 0 Å². The van der Waals surface area contributed by atoms with Crippen LogP contribution in [0.2, 0.25) is 10.0 Å². The van der Waals surface area contributed by atoms with Crippen LogP contribution in [-0.4, -0.2) is 22.8 Å². The Labute approximate surface area is 163 Å². The molecule has 2 aromatic carbocycles. The van der Waals surface area contributed by atoms with E-state index in [1.807, 2.05) is 41.1 Å². The normalized spacial score (nSPS) is 12.0. The van der Waals surface area contributed by atoms with Crippen molar-refractivity contribution < 1.29 is 9.47 Å². The van der Waals surface area contributed by atoms with E-state index in [1.165, 1.54) is 5.56 Å². The molecule has 1 heterocycles.